The van der Waals surface area contributed by atoms with Gasteiger partial charge in [-0.15, -0.1) is 16.8 Å². The Morgan fingerprint density at radius 2 is 2.29 bits per heavy atom. The molecule has 0 bridgehead atoms. The molecule has 0 saturated carbocycles. The van der Waals surface area contributed by atoms with Gasteiger partial charge in [-0.1, -0.05) is 17.8 Å². The van der Waals surface area contributed by atoms with Crippen LogP contribution in [0.2, 0.25) is 0 Å². The maximum atomic E-state index is 11.4. The minimum Gasteiger partial charge on any atom is -0.493 e. The van der Waals surface area contributed by atoms with Crippen LogP contribution in [0.1, 0.15) is 12.0 Å². The van der Waals surface area contributed by atoms with Gasteiger partial charge in [0.25, 0.3) is 0 Å². The normalized spacial score (nSPS) is 13.2. The van der Waals surface area contributed by atoms with Crippen molar-refractivity contribution in [3.8, 4) is 5.75 Å². The van der Waals surface area contributed by atoms with Crippen LogP contribution in [-0.4, -0.2) is 33.0 Å². The van der Waals surface area contributed by atoms with Crippen molar-refractivity contribution in [3.63, 3.8) is 0 Å². The quantitative estimate of drug-likeness (QED) is 0.453. The fourth-order valence-electron chi connectivity index (χ4n) is 2.45. The molecule has 8 heteroatoms. The summed E-state index contributed by atoms with van der Waals surface area (Å²) >= 11 is 1.54. The Balaban J connectivity index is 1.52. The molecule has 0 radical (unpaired) electrons. The first-order valence-electron chi connectivity index (χ1n) is 7.65. The van der Waals surface area contributed by atoms with Crippen LogP contribution in [0.25, 0.3) is 0 Å². The minimum atomic E-state index is 0.0653. The predicted octanol–water partition coefficient (Wildman–Crippen LogP) is 2.10. The predicted molar refractivity (Wildman–Crippen MR) is 94.2 cm³/mol. The highest BCUT2D eigenvalue weighted by atomic mass is 32.2. The number of rotatable bonds is 7. The van der Waals surface area contributed by atoms with Crippen molar-refractivity contribution in [2.24, 2.45) is 0 Å². The zero-order valence-electron chi connectivity index (χ0n) is 13.2. The number of benzene rings is 1. The SMILES string of the molecule is C=CCn1c(N)nnc1SCCOc1ccc2c(c1)CCC(=O)N2. The number of hydrogen-bond donors (Lipinski definition) is 2. The van der Waals surface area contributed by atoms with E-state index in [4.69, 9.17) is 10.5 Å². The monoisotopic (exact) mass is 345 g/mol. The lowest BCUT2D eigenvalue weighted by Crippen LogP contribution is -2.18. The lowest BCUT2D eigenvalue weighted by Gasteiger charge is -2.17. The average molecular weight is 345 g/mol. The molecule has 1 aliphatic rings. The summed E-state index contributed by atoms with van der Waals surface area (Å²) in [6.45, 7) is 4.82. The molecule has 24 heavy (non-hydrogen) atoms. The van der Waals surface area contributed by atoms with Crippen molar-refractivity contribution in [3.05, 3.63) is 36.4 Å². The Bertz CT molecular complexity index is 759. The highest BCUT2D eigenvalue weighted by Gasteiger charge is 2.15. The first-order chi connectivity index (χ1) is 11.7. The van der Waals surface area contributed by atoms with Gasteiger partial charge in [0.05, 0.1) is 6.61 Å². The van der Waals surface area contributed by atoms with Gasteiger partial charge in [-0.3, -0.25) is 9.36 Å². The van der Waals surface area contributed by atoms with Gasteiger partial charge in [0.15, 0.2) is 5.16 Å². The number of nitrogens with zero attached hydrogens (tertiary/aromatic N) is 3. The van der Waals surface area contributed by atoms with Crippen molar-refractivity contribution in [2.45, 2.75) is 24.5 Å². The van der Waals surface area contributed by atoms with Crippen LogP contribution >= 0.6 is 11.8 Å². The van der Waals surface area contributed by atoms with Crippen LogP contribution in [0.4, 0.5) is 11.6 Å². The fourth-order valence-corrected chi connectivity index (χ4v) is 3.22. The number of nitrogen functional groups attached to an aromatic ring is 1. The average Bonchev–Trinajstić information content (AvgIpc) is 2.92. The second-order valence-electron chi connectivity index (χ2n) is 5.30. The van der Waals surface area contributed by atoms with Crippen LogP contribution < -0.4 is 15.8 Å². The summed E-state index contributed by atoms with van der Waals surface area (Å²) in [5, 5.41) is 11.5. The number of fused-ring (bicyclic) bond motifs is 1. The van der Waals surface area contributed by atoms with Crippen LogP contribution in [-0.2, 0) is 17.8 Å². The van der Waals surface area contributed by atoms with E-state index in [9.17, 15) is 4.79 Å². The minimum absolute atomic E-state index is 0.0653. The van der Waals surface area contributed by atoms with E-state index in [-0.39, 0.29) is 5.91 Å². The summed E-state index contributed by atoms with van der Waals surface area (Å²) in [7, 11) is 0. The van der Waals surface area contributed by atoms with E-state index < -0.39 is 0 Å². The Labute approximate surface area is 144 Å². The second kappa shape index (κ2) is 7.39. The number of ether oxygens (including phenoxy) is 1. The fraction of sp³-hybridized carbons (Fsp3) is 0.312. The molecule has 0 fully saturated rings. The third-order valence-corrected chi connectivity index (χ3v) is 4.54. The number of carbonyl (C=O) groups is 1. The van der Waals surface area contributed by atoms with E-state index in [1.807, 2.05) is 18.2 Å². The second-order valence-corrected chi connectivity index (χ2v) is 6.37. The highest BCUT2D eigenvalue weighted by molar-refractivity contribution is 7.99. The molecule has 0 aliphatic carbocycles. The summed E-state index contributed by atoms with van der Waals surface area (Å²) < 4.78 is 7.59. The number of amides is 1. The van der Waals surface area contributed by atoms with Crippen molar-refractivity contribution < 1.29 is 9.53 Å². The molecule has 0 spiro atoms. The number of nitrogens with one attached hydrogen (secondary N) is 1. The first kappa shape index (κ1) is 16.4. The van der Waals surface area contributed by atoms with E-state index in [0.29, 0.717) is 25.5 Å². The topological polar surface area (TPSA) is 95.1 Å². The van der Waals surface area contributed by atoms with Gasteiger partial charge < -0.3 is 15.8 Å². The highest BCUT2D eigenvalue weighted by Crippen LogP contribution is 2.27. The molecule has 1 aromatic carbocycles. The maximum absolute atomic E-state index is 11.4. The lowest BCUT2D eigenvalue weighted by molar-refractivity contribution is -0.116. The van der Waals surface area contributed by atoms with Crippen LogP contribution in [0, 0.1) is 0 Å². The molecule has 2 heterocycles. The number of aryl methyl sites for hydroxylation is 1. The molecule has 3 N–H and O–H groups in total. The number of thioether (sulfide) groups is 1. The van der Waals surface area contributed by atoms with Crippen LogP contribution in [0.15, 0.2) is 36.0 Å². The van der Waals surface area contributed by atoms with Gasteiger partial charge in [0, 0.05) is 24.4 Å². The summed E-state index contributed by atoms with van der Waals surface area (Å²) in [5.41, 5.74) is 7.75. The number of hydrogen-bond acceptors (Lipinski definition) is 6. The van der Waals surface area contributed by atoms with Gasteiger partial charge in [-0.25, -0.2) is 0 Å². The largest absolute Gasteiger partial charge is 0.493 e. The van der Waals surface area contributed by atoms with Gasteiger partial charge in [0.2, 0.25) is 11.9 Å². The van der Waals surface area contributed by atoms with E-state index in [2.05, 4.69) is 22.1 Å². The van der Waals surface area contributed by atoms with E-state index in [1.165, 1.54) is 11.8 Å². The smallest absolute Gasteiger partial charge is 0.224 e. The molecule has 2 aromatic rings. The number of nitrogens with two attached hydrogens (primary N) is 1. The molecule has 126 valence electrons. The summed E-state index contributed by atoms with van der Waals surface area (Å²) in [5.74, 6) is 1.98. The van der Waals surface area contributed by atoms with Gasteiger partial charge in [0.1, 0.15) is 5.75 Å². The van der Waals surface area contributed by atoms with Gasteiger partial charge in [-0.2, -0.15) is 0 Å². The zero-order chi connectivity index (χ0) is 16.9. The van der Waals surface area contributed by atoms with E-state index in [1.54, 1.807) is 10.6 Å². The standard InChI is InChI=1S/C16H19N5O2S/c1-2-7-21-15(17)19-20-16(21)24-9-8-23-12-4-5-13-11(10-12)3-6-14(22)18-13/h2,4-5,10H,1,3,6-9H2,(H2,17,19)(H,18,22). The van der Waals surface area contributed by atoms with Crippen LogP contribution in [0.3, 0.4) is 0 Å². The number of anilines is 2. The number of allylic oxidation sites excluding steroid dienone is 1. The number of carbonyl (C=O) groups excluding carboxylic acids is 1. The Morgan fingerprint density at radius 3 is 3.12 bits per heavy atom. The van der Waals surface area contributed by atoms with Crippen molar-refractivity contribution in [1.82, 2.24) is 14.8 Å². The molecule has 0 saturated heterocycles. The number of aromatic nitrogens is 3. The third kappa shape index (κ3) is 3.70. The Kier molecular flexibility index (Phi) is 5.05. The maximum Gasteiger partial charge on any atom is 0.224 e. The van der Waals surface area contributed by atoms with Crippen molar-refractivity contribution in [2.75, 3.05) is 23.4 Å². The van der Waals surface area contributed by atoms with Crippen molar-refractivity contribution in [1.29, 1.82) is 0 Å². The van der Waals surface area contributed by atoms with Gasteiger partial charge >= 0.3 is 0 Å². The van der Waals surface area contributed by atoms with E-state index in [0.717, 1.165) is 34.3 Å². The molecule has 1 aromatic heterocycles. The van der Waals surface area contributed by atoms with E-state index >= 15 is 0 Å². The lowest BCUT2D eigenvalue weighted by atomic mass is 10.0. The summed E-state index contributed by atoms with van der Waals surface area (Å²) in [6.07, 6.45) is 3.02. The molecule has 0 unspecified atom stereocenters. The van der Waals surface area contributed by atoms with Gasteiger partial charge in [-0.05, 0) is 30.2 Å². The summed E-state index contributed by atoms with van der Waals surface area (Å²) in [4.78, 5) is 11.4. The van der Waals surface area contributed by atoms with Crippen LogP contribution in [0.5, 0.6) is 5.75 Å². The Morgan fingerprint density at radius 1 is 1.42 bits per heavy atom. The first-order valence-corrected chi connectivity index (χ1v) is 8.64. The van der Waals surface area contributed by atoms with Crippen molar-refractivity contribution >= 4 is 29.3 Å². The molecule has 7 nitrogen and oxygen atoms in total. The molecule has 0 atom stereocenters. The molecule has 1 aliphatic heterocycles. The molecule has 1 amide bonds. The molecular formula is C16H19N5O2S. The third-order valence-electron chi connectivity index (χ3n) is 3.61. The molecular weight excluding hydrogens is 326 g/mol. The summed E-state index contributed by atoms with van der Waals surface area (Å²) in [6, 6.07) is 5.74. The molecule has 3 rings (SSSR count). The Hall–Kier alpha value is -2.48. The zero-order valence-corrected chi connectivity index (χ0v) is 14.0.